The summed E-state index contributed by atoms with van der Waals surface area (Å²) in [5.41, 5.74) is -0.211. The number of aromatic nitrogens is 2. The second-order valence-corrected chi connectivity index (χ2v) is 7.08. The van der Waals surface area contributed by atoms with Crippen LogP contribution in [0.3, 0.4) is 0 Å². The number of anilines is 1. The minimum atomic E-state index is -3.42. The third-order valence-corrected chi connectivity index (χ3v) is 5.26. The zero-order chi connectivity index (χ0) is 14.4. The molecule has 0 atom stereocenters. The van der Waals surface area contributed by atoms with E-state index in [2.05, 4.69) is 20.0 Å². The maximum absolute atomic E-state index is 11.8. The minimum absolute atomic E-state index is 0.00661. The Bertz CT molecular complexity index is 652. The summed E-state index contributed by atoms with van der Waals surface area (Å²) in [6.07, 6.45) is 2.90. The van der Waals surface area contributed by atoms with Crippen LogP contribution >= 0.6 is 0 Å². The van der Waals surface area contributed by atoms with Crippen molar-refractivity contribution in [2.75, 3.05) is 4.72 Å². The molecule has 3 rings (SSSR count). The van der Waals surface area contributed by atoms with Crippen molar-refractivity contribution in [1.82, 2.24) is 15.3 Å². The zero-order valence-corrected chi connectivity index (χ0v) is 11.4. The number of nitrogens with zero attached hydrogens (tertiary/aromatic N) is 2. The quantitative estimate of drug-likeness (QED) is 0.733. The van der Waals surface area contributed by atoms with E-state index < -0.39 is 21.7 Å². The van der Waals surface area contributed by atoms with E-state index in [0.29, 0.717) is 31.4 Å². The van der Waals surface area contributed by atoms with Gasteiger partial charge in [0.1, 0.15) is 0 Å². The highest BCUT2D eigenvalue weighted by Gasteiger charge is 2.47. The van der Waals surface area contributed by atoms with Gasteiger partial charge in [0.05, 0.1) is 16.5 Å². The van der Waals surface area contributed by atoms with Gasteiger partial charge in [0.15, 0.2) is 0 Å². The van der Waals surface area contributed by atoms with E-state index in [9.17, 15) is 13.2 Å². The third-order valence-electron chi connectivity index (χ3n) is 3.44. The lowest BCUT2D eigenvalue weighted by Crippen LogP contribution is -2.34. The number of sulfonamides is 1. The molecule has 3 N–H and O–H groups in total. The first-order valence-electron chi connectivity index (χ1n) is 6.28. The van der Waals surface area contributed by atoms with Crippen molar-refractivity contribution in [1.29, 1.82) is 0 Å². The summed E-state index contributed by atoms with van der Waals surface area (Å²) < 4.78 is 26.0. The number of rotatable bonds is 5. The van der Waals surface area contributed by atoms with Crippen molar-refractivity contribution in [2.24, 2.45) is 0 Å². The van der Waals surface area contributed by atoms with Crippen LogP contribution in [0, 0.1) is 0 Å². The highest BCUT2D eigenvalue weighted by atomic mass is 32.2. The number of hydrogen-bond acceptors (Lipinski definition) is 5. The van der Waals surface area contributed by atoms with Crippen LogP contribution in [-0.4, -0.2) is 34.8 Å². The summed E-state index contributed by atoms with van der Waals surface area (Å²) >= 11 is 0. The van der Waals surface area contributed by atoms with E-state index in [4.69, 9.17) is 5.11 Å². The van der Waals surface area contributed by atoms with Crippen molar-refractivity contribution >= 4 is 22.1 Å². The van der Waals surface area contributed by atoms with E-state index in [1.165, 1.54) is 6.20 Å². The van der Waals surface area contributed by atoms with Gasteiger partial charge in [-0.3, -0.25) is 4.72 Å². The van der Waals surface area contributed by atoms with Crippen molar-refractivity contribution in [3.05, 3.63) is 18.0 Å². The van der Waals surface area contributed by atoms with Gasteiger partial charge in [0.2, 0.25) is 16.0 Å². The first kappa shape index (κ1) is 13.1. The van der Waals surface area contributed by atoms with Crippen LogP contribution in [0.4, 0.5) is 10.7 Å². The molecule has 1 amide bonds. The standard InChI is InChI=1S/C11H14N4O4S/c16-10(17)14-11(4-5-11)8-3-6-12-9(13-8)15-20(18,19)7-1-2-7/h3,6-7,14H,1-2,4-5H2,(H,16,17)(H,12,13,15). The molecule has 0 bridgehead atoms. The lowest BCUT2D eigenvalue weighted by atomic mass is 10.2. The fourth-order valence-corrected chi connectivity index (χ4v) is 3.31. The summed E-state index contributed by atoms with van der Waals surface area (Å²) in [6, 6.07) is 1.60. The molecule has 0 radical (unpaired) electrons. The Morgan fingerprint density at radius 3 is 2.65 bits per heavy atom. The SMILES string of the molecule is O=C(O)NC1(c2ccnc(NS(=O)(=O)C3CC3)n2)CC1. The second-order valence-electron chi connectivity index (χ2n) is 5.12. The van der Waals surface area contributed by atoms with Gasteiger partial charge in [-0.2, -0.15) is 0 Å². The van der Waals surface area contributed by atoms with E-state index in [1.54, 1.807) is 6.07 Å². The average molecular weight is 298 g/mol. The van der Waals surface area contributed by atoms with Gasteiger partial charge >= 0.3 is 6.09 Å². The molecule has 2 aliphatic carbocycles. The Morgan fingerprint density at radius 2 is 2.10 bits per heavy atom. The molecular weight excluding hydrogens is 284 g/mol. The Hall–Kier alpha value is -1.90. The molecule has 0 spiro atoms. The lowest BCUT2D eigenvalue weighted by Gasteiger charge is -2.15. The van der Waals surface area contributed by atoms with Crippen LogP contribution in [0.2, 0.25) is 0 Å². The van der Waals surface area contributed by atoms with Gasteiger partial charge in [0.25, 0.3) is 0 Å². The highest BCUT2D eigenvalue weighted by molar-refractivity contribution is 7.93. The molecule has 2 fully saturated rings. The fourth-order valence-electron chi connectivity index (χ4n) is 2.04. The zero-order valence-electron chi connectivity index (χ0n) is 10.5. The number of carboxylic acid groups (broad SMARTS) is 1. The molecule has 0 unspecified atom stereocenters. The summed E-state index contributed by atoms with van der Waals surface area (Å²) in [4.78, 5) is 18.8. The molecule has 0 saturated heterocycles. The van der Waals surface area contributed by atoms with Crippen molar-refractivity contribution in [3.8, 4) is 0 Å². The molecule has 2 aliphatic rings. The van der Waals surface area contributed by atoms with Gasteiger partial charge in [-0.25, -0.2) is 23.2 Å². The van der Waals surface area contributed by atoms with Crippen LogP contribution in [-0.2, 0) is 15.6 Å². The van der Waals surface area contributed by atoms with Crippen LogP contribution in [0.5, 0.6) is 0 Å². The van der Waals surface area contributed by atoms with Crippen LogP contribution in [0.15, 0.2) is 12.3 Å². The summed E-state index contributed by atoms with van der Waals surface area (Å²) in [7, 11) is -3.42. The van der Waals surface area contributed by atoms with Gasteiger partial charge in [-0.1, -0.05) is 0 Å². The van der Waals surface area contributed by atoms with Gasteiger partial charge in [0, 0.05) is 6.20 Å². The van der Waals surface area contributed by atoms with Gasteiger partial charge < -0.3 is 10.4 Å². The van der Waals surface area contributed by atoms with Crippen molar-refractivity contribution in [3.63, 3.8) is 0 Å². The van der Waals surface area contributed by atoms with Crippen molar-refractivity contribution in [2.45, 2.75) is 36.5 Å². The highest BCUT2D eigenvalue weighted by Crippen LogP contribution is 2.44. The van der Waals surface area contributed by atoms with Crippen LogP contribution in [0.1, 0.15) is 31.4 Å². The maximum atomic E-state index is 11.8. The Kier molecular flexibility index (Phi) is 2.82. The average Bonchev–Trinajstić information content (AvgIpc) is 3.23. The predicted molar refractivity (Wildman–Crippen MR) is 69.7 cm³/mol. The first-order valence-corrected chi connectivity index (χ1v) is 7.82. The van der Waals surface area contributed by atoms with Crippen molar-refractivity contribution < 1.29 is 18.3 Å². The smallest absolute Gasteiger partial charge is 0.405 e. The monoisotopic (exact) mass is 298 g/mol. The Balaban J connectivity index is 1.81. The fraction of sp³-hybridized carbons (Fsp3) is 0.545. The molecule has 8 nitrogen and oxygen atoms in total. The van der Waals surface area contributed by atoms with Crippen LogP contribution in [0.25, 0.3) is 0 Å². The van der Waals surface area contributed by atoms with E-state index in [-0.39, 0.29) is 11.2 Å². The third kappa shape index (κ3) is 2.53. The van der Waals surface area contributed by atoms with E-state index in [0.717, 1.165) is 0 Å². The molecule has 0 aromatic carbocycles. The summed E-state index contributed by atoms with van der Waals surface area (Å²) in [6.45, 7) is 0. The predicted octanol–water partition coefficient (Wildman–Crippen LogP) is 0.637. The maximum Gasteiger partial charge on any atom is 0.405 e. The van der Waals surface area contributed by atoms with E-state index in [1.807, 2.05) is 0 Å². The van der Waals surface area contributed by atoms with Gasteiger partial charge in [-0.15, -0.1) is 0 Å². The van der Waals surface area contributed by atoms with Crippen LogP contribution < -0.4 is 10.0 Å². The summed E-state index contributed by atoms with van der Waals surface area (Å²) in [5.74, 6) is -0.00661. The number of hydrogen-bond donors (Lipinski definition) is 3. The Labute approximate surface area is 115 Å². The number of amides is 1. The molecule has 1 aromatic heterocycles. The Morgan fingerprint density at radius 1 is 1.40 bits per heavy atom. The molecule has 2 saturated carbocycles. The molecular formula is C11H14N4O4S. The van der Waals surface area contributed by atoms with E-state index >= 15 is 0 Å². The molecule has 20 heavy (non-hydrogen) atoms. The number of nitrogens with one attached hydrogen (secondary N) is 2. The van der Waals surface area contributed by atoms with Gasteiger partial charge in [-0.05, 0) is 31.7 Å². The minimum Gasteiger partial charge on any atom is -0.465 e. The first-order chi connectivity index (χ1) is 9.41. The molecule has 108 valence electrons. The molecule has 0 aliphatic heterocycles. The summed E-state index contributed by atoms with van der Waals surface area (Å²) in [5, 5.41) is 10.9. The largest absolute Gasteiger partial charge is 0.465 e. The molecule has 1 heterocycles. The lowest BCUT2D eigenvalue weighted by molar-refractivity contribution is 0.188. The molecule has 1 aromatic rings. The number of carbonyl (C=O) groups is 1. The topological polar surface area (TPSA) is 121 Å². The molecule has 9 heteroatoms. The normalized spacial score (nSPS) is 20.2. The second kappa shape index (κ2) is 4.30.